The Balaban J connectivity index is 0. The number of rotatable bonds is 9. The van der Waals surface area contributed by atoms with Gasteiger partial charge in [-0.2, -0.15) is 0 Å². The van der Waals surface area contributed by atoms with Crippen LogP contribution >= 0.6 is 0 Å². The molecule has 0 saturated carbocycles. The second-order valence-corrected chi connectivity index (χ2v) is 5.13. The summed E-state index contributed by atoms with van der Waals surface area (Å²) in [6.07, 6.45) is 15.6. The summed E-state index contributed by atoms with van der Waals surface area (Å²) in [4.78, 5) is 0. The summed E-state index contributed by atoms with van der Waals surface area (Å²) < 4.78 is 0. The number of hydrogen-bond acceptors (Lipinski definition) is 0. The maximum atomic E-state index is 2.28. The van der Waals surface area contributed by atoms with Crippen molar-refractivity contribution in [2.75, 3.05) is 0 Å². The van der Waals surface area contributed by atoms with Gasteiger partial charge in [0.25, 0.3) is 0 Å². The molecule has 0 spiro atoms. The van der Waals surface area contributed by atoms with Crippen LogP contribution < -0.4 is 0 Å². The van der Waals surface area contributed by atoms with Crippen LogP contribution in [0.15, 0.2) is 23.3 Å². The Morgan fingerprint density at radius 3 is 1.72 bits per heavy atom. The molecule has 0 bridgehead atoms. The van der Waals surface area contributed by atoms with Gasteiger partial charge in [0.2, 0.25) is 0 Å². The number of hydrogen-bond donors (Lipinski definition) is 0. The Bertz CT molecular complexity index is 204. The van der Waals surface area contributed by atoms with Crippen molar-refractivity contribution in [1.29, 1.82) is 0 Å². The van der Waals surface area contributed by atoms with E-state index in [1.54, 1.807) is 0 Å². The summed E-state index contributed by atoms with van der Waals surface area (Å²) in [5.41, 5.74) is 2.91. The molecule has 0 nitrogen and oxygen atoms in total. The fourth-order valence-electron chi connectivity index (χ4n) is 1.75. The zero-order valence-electron chi connectivity index (χ0n) is 13.8. The van der Waals surface area contributed by atoms with Crippen molar-refractivity contribution in [3.63, 3.8) is 0 Å². The Labute approximate surface area is 117 Å². The highest BCUT2D eigenvalue weighted by molar-refractivity contribution is 5.13. The molecule has 0 heteroatoms. The van der Waals surface area contributed by atoms with Crippen LogP contribution in [0, 0.1) is 0 Å². The van der Waals surface area contributed by atoms with E-state index < -0.39 is 0 Å². The lowest BCUT2D eigenvalue weighted by Gasteiger charge is -2.01. The van der Waals surface area contributed by atoms with Gasteiger partial charge in [-0.05, 0) is 33.6 Å². The molecular weight excluding hydrogens is 216 g/mol. The van der Waals surface area contributed by atoms with Crippen molar-refractivity contribution in [2.45, 2.75) is 92.9 Å². The summed E-state index contributed by atoms with van der Waals surface area (Å²) >= 11 is 0. The van der Waals surface area contributed by atoms with Crippen molar-refractivity contribution in [3.05, 3.63) is 23.3 Å². The molecule has 0 aliphatic heterocycles. The van der Waals surface area contributed by atoms with Crippen LogP contribution in [-0.2, 0) is 0 Å². The summed E-state index contributed by atoms with van der Waals surface area (Å²) in [5.74, 6) is 0. The van der Waals surface area contributed by atoms with Gasteiger partial charge < -0.3 is 0 Å². The molecule has 18 heavy (non-hydrogen) atoms. The average Bonchev–Trinajstić information content (AvgIpc) is 2.37. The van der Waals surface area contributed by atoms with E-state index in [0.717, 1.165) is 0 Å². The summed E-state index contributed by atoms with van der Waals surface area (Å²) in [5, 5.41) is 0. The Kier molecular flexibility index (Phi) is 18.1. The van der Waals surface area contributed by atoms with Gasteiger partial charge in [-0.15, -0.1) is 0 Å². The van der Waals surface area contributed by atoms with E-state index in [0.29, 0.717) is 0 Å². The molecule has 0 saturated heterocycles. The first-order valence-corrected chi connectivity index (χ1v) is 7.97. The minimum atomic E-state index is 1.28. The zero-order valence-corrected chi connectivity index (χ0v) is 13.8. The molecule has 0 aliphatic rings. The minimum Gasteiger partial charge on any atom is -0.0764 e. The van der Waals surface area contributed by atoms with Crippen molar-refractivity contribution >= 4 is 0 Å². The van der Waals surface area contributed by atoms with Gasteiger partial charge in [0.05, 0.1) is 0 Å². The van der Waals surface area contributed by atoms with E-state index in [2.05, 4.69) is 39.8 Å². The average molecular weight is 252 g/mol. The summed E-state index contributed by atoms with van der Waals surface area (Å²) in [7, 11) is 0. The largest absolute Gasteiger partial charge is 0.0764 e. The molecule has 0 N–H and O–H groups in total. The lowest BCUT2D eigenvalue weighted by molar-refractivity contribution is 0.588. The standard InChI is InChI=1S/C16H30.C2H6/c1-5-6-7-8-9-10-11-12-16(4)14-13-15(2)3;1-2/h13-14H,5-12H2,1-4H3;1-2H3/b16-14+;. The van der Waals surface area contributed by atoms with Crippen LogP contribution in [0.3, 0.4) is 0 Å². The summed E-state index contributed by atoms with van der Waals surface area (Å²) in [6.45, 7) is 12.8. The Morgan fingerprint density at radius 1 is 0.722 bits per heavy atom. The SMILES string of the molecule is CC.CCCCCCCCC/C(C)=C/C=C(C)C. The van der Waals surface area contributed by atoms with E-state index in [4.69, 9.17) is 0 Å². The third-order valence-corrected chi connectivity index (χ3v) is 2.88. The number of unbranched alkanes of at least 4 members (excludes halogenated alkanes) is 6. The predicted octanol–water partition coefficient (Wildman–Crippen LogP) is 7.07. The van der Waals surface area contributed by atoms with E-state index in [1.165, 1.54) is 62.5 Å². The van der Waals surface area contributed by atoms with Gasteiger partial charge in [-0.25, -0.2) is 0 Å². The molecule has 0 heterocycles. The van der Waals surface area contributed by atoms with Crippen LogP contribution in [0.25, 0.3) is 0 Å². The molecule has 0 atom stereocenters. The third-order valence-electron chi connectivity index (χ3n) is 2.88. The monoisotopic (exact) mass is 252 g/mol. The van der Waals surface area contributed by atoms with Gasteiger partial charge in [0.15, 0.2) is 0 Å². The highest BCUT2D eigenvalue weighted by Crippen LogP contribution is 2.12. The minimum absolute atomic E-state index is 1.28. The van der Waals surface area contributed by atoms with Gasteiger partial charge in [0.1, 0.15) is 0 Å². The van der Waals surface area contributed by atoms with Gasteiger partial charge in [-0.1, -0.05) is 82.6 Å². The lowest BCUT2D eigenvalue weighted by Crippen LogP contribution is -1.82. The Hall–Kier alpha value is -0.520. The van der Waals surface area contributed by atoms with Crippen LogP contribution in [0.5, 0.6) is 0 Å². The van der Waals surface area contributed by atoms with Crippen LogP contribution in [0.4, 0.5) is 0 Å². The van der Waals surface area contributed by atoms with Gasteiger partial charge >= 0.3 is 0 Å². The topological polar surface area (TPSA) is 0 Å². The second-order valence-electron chi connectivity index (χ2n) is 5.13. The molecule has 0 aromatic heterocycles. The van der Waals surface area contributed by atoms with E-state index in [1.807, 2.05) is 13.8 Å². The highest BCUT2D eigenvalue weighted by atomic mass is 14.0. The third kappa shape index (κ3) is 17.9. The lowest BCUT2D eigenvalue weighted by atomic mass is 10.0. The normalized spacial score (nSPS) is 10.7. The molecule has 0 aliphatic carbocycles. The van der Waals surface area contributed by atoms with Crippen molar-refractivity contribution in [2.24, 2.45) is 0 Å². The molecule has 0 amide bonds. The fourth-order valence-corrected chi connectivity index (χ4v) is 1.75. The molecule has 0 rings (SSSR count). The van der Waals surface area contributed by atoms with Crippen molar-refractivity contribution in [1.82, 2.24) is 0 Å². The Morgan fingerprint density at radius 2 is 1.22 bits per heavy atom. The number of allylic oxidation sites excluding steroid dienone is 4. The zero-order chi connectivity index (χ0) is 14.2. The van der Waals surface area contributed by atoms with Crippen LogP contribution in [-0.4, -0.2) is 0 Å². The van der Waals surface area contributed by atoms with Gasteiger partial charge in [0, 0.05) is 0 Å². The summed E-state index contributed by atoms with van der Waals surface area (Å²) in [6, 6.07) is 0. The molecule has 0 aromatic rings. The fraction of sp³-hybridized carbons (Fsp3) is 0.778. The first-order chi connectivity index (χ1) is 8.66. The van der Waals surface area contributed by atoms with Gasteiger partial charge in [-0.3, -0.25) is 0 Å². The van der Waals surface area contributed by atoms with Crippen LogP contribution in [0.1, 0.15) is 92.9 Å². The van der Waals surface area contributed by atoms with Crippen molar-refractivity contribution in [3.8, 4) is 0 Å². The molecule has 0 unspecified atom stereocenters. The van der Waals surface area contributed by atoms with E-state index in [-0.39, 0.29) is 0 Å². The molecule has 0 fully saturated rings. The maximum Gasteiger partial charge on any atom is -0.0320 e. The van der Waals surface area contributed by atoms with Crippen LogP contribution in [0.2, 0.25) is 0 Å². The molecular formula is C18H36. The predicted molar refractivity (Wildman–Crippen MR) is 87.1 cm³/mol. The first kappa shape index (κ1) is 19.8. The van der Waals surface area contributed by atoms with Crippen molar-refractivity contribution < 1.29 is 0 Å². The van der Waals surface area contributed by atoms with E-state index in [9.17, 15) is 0 Å². The highest BCUT2D eigenvalue weighted by Gasteiger charge is 1.92. The molecule has 108 valence electrons. The molecule has 0 aromatic carbocycles. The smallest absolute Gasteiger partial charge is 0.0320 e. The van der Waals surface area contributed by atoms with E-state index >= 15 is 0 Å². The maximum absolute atomic E-state index is 2.28. The second kappa shape index (κ2) is 16.5. The quantitative estimate of drug-likeness (QED) is 0.304. The molecule has 0 radical (unpaired) electrons. The first-order valence-electron chi connectivity index (χ1n) is 7.97.